The summed E-state index contributed by atoms with van der Waals surface area (Å²) in [4.78, 5) is 16.7. The first-order chi connectivity index (χ1) is 10.1. The van der Waals surface area contributed by atoms with E-state index >= 15 is 0 Å². The molecule has 1 amide bonds. The van der Waals surface area contributed by atoms with Crippen molar-refractivity contribution >= 4 is 11.6 Å². The Morgan fingerprint density at radius 2 is 2.14 bits per heavy atom. The van der Waals surface area contributed by atoms with Crippen molar-refractivity contribution in [1.29, 1.82) is 0 Å². The highest BCUT2D eigenvalue weighted by molar-refractivity contribution is 5.95. The van der Waals surface area contributed by atoms with Gasteiger partial charge in [-0.05, 0) is 26.7 Å². The smallest absolute Gasteiger partial charge is 0.255 e. The number of fused-ring (bicyclic) bond motifs is 1. The number of hydrogen-bond acceptors (Lipinski definition) is 4. The zero-order valence-corrected chi connectivity index (χ0v) is 12.3. The number of aliphatic hydroxyl groups is 1. The summed E-state index contributed by atoms with van der Waals surface area (Å²) >= 11 is 0. The van der Waals surface area contributed by atoms with Crippen molar-refractivity contribution in [3.8, 4) is 0 Å². The third kappa shape index (κ3) is 2.63. The number of nitrogens with zero attached hydrogens (tertiary/aromatic N) is 3. The minimum absolute atomic E-state index is 0.166. The van der Waals surface area contributed by atoms with Gasteiger partial charge in [-0.15, -0.1) is 0 Å². The summed E-state index contributed by atoms with van der Waals surface area (Å²) in [5.41, 5.74) is 2.87. The molecule has 0 bridgehead atoms. The maximum absolute atomic E-state index is 12.4. The summed E-state index contributed by atoms with van der Waals surface area (Å²) in [5, 5.41) is 17.2. The lowest BCUT2D eigenvalue weighted by Gasteiger charge is -2.28. The first kappa shape index (κ1) is 14.0. The standard InChI is InChI=1S/C15H20N4O2/c1-9-7-14-16-8-11(10(2)19(14)18-9)15(21)17-12-5-3-4-6-13(12)20/h7-8,12-13,20H,3-6H2,1-2H3,(H,17,21)/t12-,13-/m1/s1. The molecule has 0 aromatic carbocycles. The highest BCUT2D eigenvalue weighted by Gasteiger charge is 2.25. The Labute approximate surface area is 123 Å². The summed E-state index contributed by atoms with van der Waals surface area (Å²) in [6.45, 7) is 3.75. The molecule has 1 saturated carbocycles. The second-order valence-electron chi connectivity index (χ2n) is 5.74. The minimum Gasteiger partial charge on any atom is -0.391 e. The number of carbonyl (C=O) groups is 1. The topological polar surface area (TPSA) is 79.5 Å². The molecule has 6 nitrogen and oxygen atoms in total. The molecule has 1 aliphatic carbocycles. The van der Waals surface area contributed by atoms with Crippen molar-refractivity contribution in [1.82, 2.24) is 19.9 Å². The van der Waals surface area contributed by atoms with Crippen LogP contribution in [-0.2, 0) is 0 Å². The van der Waals surface area contributed by atoms with E-state index in [1.54, 1.807) is 10.7 Å². The lowest BCUT2D eigenvalue weighted by molar-refractivity contribution is 0.0716. The number of amides is 1. The van der Waals surface area contributed by atoms with Gasteiger partial charge in [-0.25, -0.2) is 9.50 Å². The fourth-order valence-corrected chi connectivity index (χ4v) is 2.91. The number of rotatable bonds is 2. The summed E-state index contributed by atoms with van der Waals surface area (Å²) in [6.07, 6.45) is 4.76. The van der Waals surface area contributed by atoms with E-state index in [2.05, 4.69) is 15.4 Å². The normalized spacial score (nSPS) is 22.4. The lowest BCUT2D eigenvalue weighted by atomic mass is 9.92. The lowest BCUT2D eigenvalue weighted by Crippen LogP contribution is -2.45. The Kier molecular flexibility index (Phi) is 3.63. The van der Waals surface area contributed by atoms with Gasteiger partial charge in [0.1, 0.15) is 0 Å². The number of nitrogens with one attached hydrogen (secondary N) is 1. The summed E-state index contributed by atoms with van der Waals surface area (Å²) in [7, 11) is 0. The summed E-state index contributed by atoms with van der Waals surface area (Å²) in [5.74, 6) is -0.194. The molecule has 2 aromatic rings. The fourth-order valence-electron chi connectivity index (χ4n) is 2.91. The van der Waals surface area contributed by atoms with E-state index in [4.69, 9.17) is 0 Å². The number of carbonyl (C=O) groups excluding carboxylic acids is 1. The maximum atomic E-state index is 12.4. The van der Waals surface area contributed by atoms with Crippen LogP contribution < -0.4 is 5.32 Å². The van der Waals surface area contributed by atoms with E-state index in [0.29, 0.717) is 5.56 Å². The zero-order valence-electron chi connectivity index (χ0n) is 12.3. The quantitative estimate of drug-likeness (QED) is 0.875. The SMILES string of the molecule is Cc1cc2ncc(C(=O)N[C@@H]3CCCC[C@H]3O)c(C)n2n1. The van der Waals surface area contributed by atoms with E-state index in [0.717, 1.165) is 42.7 Å². The molecule has 6 heteroatoms. The van der Waals surface area contributed by atoms with E-state index in [1.165, 1.54) is 0 Å². The predicted octanol–water partition coefficient (Wildman–Crippen LogP) is 1.38. The average Bonchev–Trinajstić information content (AvgIpc) is 2.83. The summed E-state index contributed by atoms with van der Waals surface area (Å²) < 4.78 is 1.68. The van der Waals surface area contributed by atoms with Crippen molar-refractivity contribution in [2.24, 2.45) is 0 Å². The van der Waals surface area contributed by atoms with E-state index in [1.807, 2.05) is 19.9 Å². The van der Waals surface area contributed by atoms with E-state index in [-0.39, 0.29) is 11.9 Å². The van der Waals surface area contributed by atoms with Crippen LogP contribution in [0.2, 0.25) is 0 Å². The number of aliphatic hydroxyl groups excluding tert-OH is 1. The Hall–Kier alpha value is -1.95. The molecule has 2 aromatic heterocycles. The average molecular weight is 288 g/mol. The van der Waals surface area contributed by atoms with Crippen LogP contribution in [0.25, 0.3) is 5.65 Å². The van der Waals surface area contributed by atoms with Crippen molar-refractivity contribution in [2.75, 3.05) is 0 Å². The van der Waals surface area contributed by atoms with Gasteiger partial charge in [0.25, 0.3) is 5.91 Å². The number of aromatic nitrogens is 3. The molecule has 0 aliphatic heterocycles. The molecule has 21 heavy (non-hydrogen) atoms. The maximum Gasteiger partial charge on any atom is 0.255 e. The number of hydrogen-bond donors (Lipinski definition) is 2. The van der Waals surface area contributed by atoms with Gasteiger partial charge >= 0.3 is 0 Å². The molecule has 0 spiro atoms. The second-order valence-corrected chi connectivity index (χ2v) is 5.74. The molecule has 0 radical (unpaired) electrons. The third-order valence-electron chi connectivity index (χ3n) is 4.14. The molecule has 2 N–H and O–H groups in total. The zero-order chi connectivity index (χ0) is 15.0. The van der Waals surface area contributed by atoms with Crippen LogP contribution >= 0.6 is 0 Å². The van der Waals surface area contributed by atoms with Crippen molar-refractivity contribution in [3.63, 3.8) is 0 Å². The molecular formula is C15H20N4O2. The van der Waals surface area contributed by atoms with Crippen LogP contribution in [0, 0.1) is 13.8 Å². The molecule has 0 saturated heterocycles. The highest BCUT2D eigenvalue weighted by atomic mass is 16.3. The molecule has 1 aliphatic rings. The molecule has 3 rings (SSSR count). The van der Waals surface area contributed by atoms with Crippen LogP contribution in [0.1, 0.15) is 47.4 Å². The van der Waals surface area contributed by atoms with Gasteiger partial charge in [0.15, 0.2) is 5.65 Å². The third-order valence-corrected chi connectivity index (χ3v) is 4.14. The summed E-state index contributed by atoms with van der Waals surface area (Å²) in [6, 6.07) is 1.71. The van der Waals surface area contributed by atoms with Crippen molar-refractivity contribution in [2.45, 2.75) is 51.7 Å². The molecular weight excluding hydrogens is 268 g/mol. The number of aryl methyl sites for hydroxylation is 2. The van der Waals surface area contributed by atoms with Gasteiger partial charge in [0, 0.05) is 12.3 Å². The van der Waals surface area contributed by atoms with Gasteiger partial charge in [-0.1, -0.05) is 12.8 Å². The molecule has 0 unspecified atom stereocenters. The first-order valence-corrected chi connectivity index (χ1v) is 7.37. The Morgan fingerprint density at radius 1 is 1.38 bits per heavy atom. The van der Waals surface area contributed by atoms with E-state index in [9.17, 15) is 9.90 Å². The molecule has 112 valence electrons. The van der Waals surface area contributed by atoms with Crippen LogP contribution in [0.3, 0.4) is 0 Å². The Bertz CT molecular complexity index is 680. The van der Waals surface area contributed by atoms with E-state index < -0.39 is 6.10 Å². The largest absolute Gasteiger partial charge is 0.391 e. The van der Waals surface area contributed by atoms with Crippen LogP contribution in [-0.4, -0.2) is 37.8 Å². The van der Waals surface area contributed by atoms with Crippen molar-refractivity contribution in [3.05, 3.63) is 29.2 Å². The predicted molar refractivity (Wildman–Crippen MR) is 78.2 cm³/mol. The van der Waals surface area contributed by atoms with Gasteiger partial charge < -0.3 is 10.4 Å². The monoisotopic (exact) mass is 288 g/mol. The van der Waals surface area contributed by atoms with Crippen LogP contribution in [0.15, 0.2) is 12.3 Å². The Morgan fingerprint density at radius 3 is 2.90 bits per heavy atom. The second kappa shape index (κ2) is 5.44. The van der Waals surface area contributed by atoms with Crippen LogP contribution in [0.5, 0.6) is 0 Å². The molecule has 2 heterocycles. The van der Waals surface area contributed by atoms with Gasteiger partial charge in [-0.3, -0.25) is 4.79 Å². The fraction of sp³-hybridized carbons (Fsp3) is 0.533. The minimum atomic E-state index is -0.452. The molecule has 2 atom stereocenters. The van der Waals surface area contributed by atoms with Crippen LogP contribution in [0.4, 0.5) is 0 Å². The molecule has 1 fully saturated rings. The van der Waals surface area contributed by atoms with Gasteiger partial charge in [0.2, 0.25) is 0 Å². The van der Waals surface area contributed by atoms with Gasteiger partial charge in [-0.2, -0.15) is 5.10 Å². The highest BCUT2D eigenvalue weighted by Crippen LogP contribution is 2.19. The van der Waals surface area contributed by atoms with Gasteiger partial charge in [0.05, 0.1) is 29.1 Å². The Balaban J connectivity index is 1.85. The van der Waals surface area contributed by atoms with Crippen molar-refractivity contribution < 1.29 is 9.90 Å². The first-order valence-electron chi connectivity index (χ1n) is 7.37.